The van der Waals surface area contributed by atoms with Crippen molar-refractivity contribution in [2.75, 3.05) is 26.8 Å². The maximum atomic E-state index is 13.0. The summed E-state index contributed by atoms with van der Waals surface area (Å²) in [5.74, 6) is -0.645. The third-order valence-corrected chi connectivity index (χ3v) is 4.99. The van der Waals surface area contributed by atoms with Gasteiger partial charge in [0, 0.05) is 13.1 Å². The summed E-state index contributed by atoms with van der Waals surface area (Å²) in [4.78, 5) is 38.9. The predicted molar refractivity (Wildman–Crippen MR) is 106 cm³/mol. The Bertz CT molecular complexity index is 944. The molecule has 1 amide bonds. The lowest BCUT2D eigenvalue weighted by molar-refractivity contribution is -0.149. The van der Waals surface area contributed by atoms with Gasteiger partial charge in [-0.3, -0.25) is 14.4 Å². The van der Waals surface area contributed by atoms with Crippen LogP contribution >= 0.6 is 0 Å². The van der Waals surface area contributed by atoms with E-state index in [1.807, 2.05) is 31.2 Å². The maximum Gasteiger partial charge on any atom is 0.309 e. The first-order valence-corrected chi connectivity index (χ1v) is 9.66. The topological polar surface area (TPSA) is 90.7 Å². The molecule has 1 saturated heterocycles. The number of likely N-dealkylation sites (tertiary alicyclic amines) is 1. The van der Waals surface area contributed by atoms with Gasteiger partial charge in [0.25, 0.3) is 5.91 Å². The fourth-order valence-corrected chi connectivity index (χ4v) is 3.33. The molecule has 8 nitrogen and oxygen atoms in total. The lowest BCUT2D eigenvalue weighted by Crippen LogP contribution is -2.43. The quantitative estimate of drug-likeness (QED) is 0.714. The zero-order valence-corrected chi connectivity index (χ0v) is 16.9. The first-order chi connectivity index (χ1) is 13.9. The highest BCUT2D eigenvalue weighted by Gasteiger charge is 2.30. The number of aryl methyl sites for hydroxylation is 1. The van der Waals surface area contributed by atoms with Gasteiger partial charge >= 0.3 is 5.97 Å². The van der Waals surface area contributed by atoms with Crippen molar-refractivity contribution in [3.63, 3.8) is 0 Å². The van der Waals surface area contributed by atoms with Gasteiger partial charge in [0.15, 0.2) is 5.69 Å². The van der Waals surface area contributed by atoms with Crippen LogP contribution in [0.4, 0.5) is 0 Å². The van der Waals surface area contributed by atoms with Crippen LogP contribution in [0, 0.1) is 12.8 Å². The number of hydrogen-bond donors (Lipinski definition) is 0. The lowest BCUT2D eigenvalue weighted by Gasteiger charge is -2.30. The molecule has 0 spiro atoms. The van der Waals surface area contributed by atoms with E-state index in [4.69, 9.17) is 9.47 Å². The van der Waals surface area contributed by atoms with Crippen molar-refractivity contribution in [3.8, 4) is 11.6 Å². The largest absolute Gasteiger partial charge is 0.481 e. The Kier molecular flexibility index (Phi) is 6.31. The molecule has 8 heteroatoms. The predicted octanol–water partition coefficient (Wildman–Crippen LogP) is 1.96. The fourth-order valence-electron chi connectivity index (χ4n) is 3.33. The van der Waals surface area contributed by atoms with Gasteiger partial charge in [-0.2, -0.15) is 5.10 Å². The molecule has 29 heavy (non-hydrogen) atoms. The van der Waals surface area contributed by atoms with Gasteiger partial charge in [-0.25, -0.2) is 4.68 Å². The number of carbonyl (C=O) groups excluding carboxylic acids is 2. The van der Waals surface area contributed by atoms with E-state index < -0.39 is 11.3 Å². The van der Waals surface area contributed by atoms with Crippen molar-refractivity contribution in [3.05, 3.63) is 51.8 Å². The summed E-state index contributed by atoms with van der Waals surface area (Å²) in [5.41, 5.74) is 1.10. The molecule has 1 aromatic carbocycles. The minimum absolute atomic E-state index is 0.166. The monoisotopic (exact) mass is 399 g/mol. The van der Waals surface area contributed by atoms with Crippen LogP contribution in [-0.2, 0) is 9.53 Å². The molecule has 3 rings (SSSR count). The molecule has 0 atom stereocenters. The lowest BCUT2D eigenvalue weighted by atomic mass is 9.97. The molecule has 2 aromatic rings. The smallest absolute Gasteiger partial charge is 0.309 e. The summed E-state index contributed by atoms with van der Waals surface area (Å²) >= 11 is 0. The van der Waals surface area contributed by atoms with E-state index in [-0.39, 0.29) is 23.5 Å². The summed E-state index contributed by atoms with van der Waals surface area (Å²) in [7, 11) is 1.45. The number of rotatable bonds is 5. The number of nitrogens with zero attached hydrogens (tertiary/aromatic N) is 3. The zero-order chi connectivity index (χ0) is 21.0. The van der Waals surface area contributed by atoms with Crippen molar-refractivity contribution in [2.24, 2.45) is 5.92 Å². The highest BCUT2D eigenvalue weighted by Crippen LogP contribution is 2.21. The van der Waals surface area contributed by atoms with Crippen LogP contribution < -0.4 is 10.2 Å². The number of aromatic nitrogens is 2. The van der Waals surface area contributed by atoms with Crippen LogP contribution in [0.25, 0.3) is 5.69 Å². The first-order valence-electron chi connectivity index (χ1n) is 9.66. The number of carbonyl (C=O) groups is 2. The van der Waals surface area contributed by atoms with Gasteiger partial charge < -0.3 is 14.4 Å². The Morgan fingerprint density at radius 2 is 1.83 bits per heavy atom. The molecule has 154 valence electrons. The van der Waals surface area contributed by atoms with Crippen LogP contribution in [0.2, 0.25) is 0 Å². The number of hydrogen-bond acceptors (Lipinski definition) is 6. The van der Waals surface area contributed by atoms with E-state index in [1.54, 1.807) is 11.8 Å². The molecule has 0 radical (unpaired) electrons. The number of esters is 1. The Morgan fingerprint density at radius 3 is 2.41 bits per heavy atom. The van der Waals surface area contributed by atoms with E-state index in [2.05, 4.69) is 5.10 Å². The van der Waals surface area contributed by atoms with Crippen LogP contribution in [-0.4, -0.2) is 53.4 Å². The number of ether oxygens (including phenoxy) is 2. The number of benzene rings is 1. The standard InChI is InChI=1S/C21H25N3O5/c1-4-29-21(27)15-9-11-23(12-10-15)20(26)19-17(25)13-18(28-3)24(22-19)16-7-5-14(2)6-8-16/h5-8,13,15H,4,9-12H2,1-3H3. The van der Waals surface area contributed by atoms with Crippen molar-refractivity contribution in [1.29, 1.82) is 0 Å². The summed E-state index contributed by atoms with van der Waals surface area (Å²) in [6.45, 7) is 4.83. The molecule has 1 aliphatic rings. The normalized spacial score (nSPS) is 14.5. The molecular formula is C21H25N3O5. The summed E-state index contributed by atoms with van der Waals surface area (Å²) in [5, 5.41) is 4.30. The van der Waals surface area contributed by atoms with E-state index >= 15 is 0 Å². The van der Waals surface area contributed by atoms with Crippen molar-refractivity contribution < 1.29 is 19.1 Å². The average Bonchev–Trinajstić information content (AvgIpc) is 2.74. The summed E-state index contributed by atoms with van der Waals surface area (Å²) in [6.07, 6.45) is 1.01. The van der Waals surface area contributed by atoms with Gasteiger partial charge in [-0.05, 0) is 38.8 Å². The van der Waals surface area contributed by atoms with Crippen LogP contribution in [0.1, 0.15) is 35.8 Å². The SMILES string of the molecule is CCOC(=O)C1CCN(C(=O)c2nn(-c3ccc(C)cc3)c(OC)cc2=O)CC1. The molecule has 0 N–H and O–H groups in total. The molecule has 1 aliphatic heterocycles. The van der Waals surface area contributed by atoms with Crippen LogP contribution in [0.3, 0.4) is 0 Å². The Balaban J connectivity index is 1.84. The van der Waals surface area contributed by atoms with E-state index in [1.165, 1.54) is 17.9 Å². The van der Waals surface area contributed by atoms with E-state index in [0.717, 1.165) is 5.56 Å². The zero-order valence-electron chi connectivity index (χ0n) is 16.9. The molecule has 0 unspecified atom stereocenters. The van der Waals surface area contributed by atoms with Gasteiger partial charge in [0.2, 0.25) is 11.3 Å². The molecular weight excluding hydrogens is 374 g/mol. The second-order valence-electron chi connectivity index (χ2n) is 6.97. The van der Waals surface area contributed by atoms with Gasteiger partial charge in [-0.1, -0.05) is 17.7 Å². The molecule has 0 aliphatic carbocycles. The molecule has 0 bridgehead atoms. The van der Waals surface area contributed by atoms with Crippen molar-refractivity contribution >= 4 is 11.9 Å². The number of amides is 1. The minimum Gasteiger partial charge on any atom is -0.481 e. The summed E-state index contributed by atoms with van der Waals surface area (Å²) < 4.78 is 11.8. The molecule has 1 aromatic heterocycles. The fraction of sp³-hybridized carbons (Fsp3) is 0.429. The van der Waals surface area contributed by atoms with E-state index in [9.17, 15) is 14.4 Å². The number of piperidine rings is 1. The minimum atomic E-state index is -0.497. The van der Waals surface area contributed by atoms with Gasteiger partial charge in [0.1, 0.15) is 0 Å². The third kappa shape index (κ3) is 4.47. The highest BCUT2D eigenvalue weighted by molar-refractivity contribution is 5.92. The van der Waals surface area contributed by atoms with Gasteiger partial charge in [-0.15, -0.1) is 0 Å². The maximum absolute atomic E-state index is 13.0. The first kappa shape index (κ1) is 20.6. The Hall–Kier alpha value is -3.16. The van der Waals surface area contributed by atoms with Crippen molar-refractivity contribution in [1.82, 2.24) is 14.7 Å². The van der Waals surface area contributed by atoms with Gasteiger partial charge in [0.05, 0.1) is 31.4 Å². The molecule has 2 heterocycles. The Labute approximate surface area is 169 Å². The molecule has 0 saturated carbocycles. The van der Waals surface area contributed by atoms with Crippen molar-refractivity contribution in [2.45, 2.75) is 26.7 Å². The number of methoxy groups -OCH3 is 1. The Morgan fingerprint density at radius 1 is 1.17 bits per heavy atom. The second kappa shape index (κ2) is 8.89. The molecule has 1 fully saturated rings. The van der Waals surface area contributed by atoms with Crippen LogP contribution in [0.15, 0.2) is 35.1 Å². The van der Waals surface area contributed by atoms with E-state index in [0.29, 0.717) is 38.2 Å². The summed E-state index contributed by atoms with van der Waals surface area (Å²) in [6, 6.07) is 8.78. The third-order valence-electron chi connectivity index (χ3n) is 4.99. The average molecular weight is 399 g/mol. The van der Waals surface area contributed by atoms with Crippen LogP contribution in [0.5, 0.6) is 5.88 Å². The second-order valence-corrected chi connectivity index (χ2v) is 6.97. The highest BCUT2D eigenvalue weighted by atomic mass is 16.5.